The number of nitrogens with zero attached hydrogens (tertiary/aromatic N) is 3. The Labute approximate surface area is 129 Å². The van der Waals surface area contributed by atoms with Crippen molar-refractivity contribution < 1.29 is 4.92 Å². The predicted octanol–water partition coefficient (Wildman–Crippen LogP) is 4.51. The minimum atomic E-state index is -0.578. The number of nitro groups is 1. The molecule has 0 fully saturated rings. The van der Waals surface area contributed by atoms with E-state index in [1.165, 1.54) is 6.07 Å². The molecule has 3 aromatic rings. The molecule has 104 valence electrons. The normalized spacial score (nSPS) is 10.8. The van der Waals surface area contributed by atoms with Crippen molar-refractivity contribution in [1.82, 2.24) is 9.97 Å². The molecule has 7 heteroatoms. The van der Waals surface area contributed by atoms with Gasteiger partial charge < -0.3 is 0 Å². The Kier molecular flexibility index (Phi) is 3.45. The zero-order valence-corrected chi connectivity index (χ0v) is 12.0. The second kappa shape index (κ2) is 5.27. The van der Waals surface area contributed by atoms with Crippen molar-refractivity contribution in [3.8, 4) is 11.1 Å². The lowest BCUT2D eigenvalue weighted by atomic mass is 10.1. The fourth-order valence-corrected chi connectivity index (χ4v) is 2.45. The van der Waals surface area contributed by atoms with Gasteiger partial charge >= 0.3 is 5.69 Å². The first-order chi connectivity index (χ1) is 10.1. The third-order valence-corrected chi connectivity index (χ3v) is 3.54. The molecule has 21 heavy (non-hydrogen) atoms. The van der Waals surface area contributed by atoms with Crippen LogP contribution in [-0.4, -0.2) is 14.9 Å². The molecule has 0 aliphatic heterocycles. The predicted molar refractivity (Wildman–Crippen MR) is 81.6 cm³/mol. The first-order valence-corrected chi connectivity index (χ1v) is 6.68. The highest BCUT2D eigenvalue weighted by atomic mass is 35.5. The standard InChI is InChI=1S/C14H7Cl2N3O2/c15-12-10(8-4-2-1-3-5-8)6-9-7-11(19(20)21)13(16)18-14(9)17-12/h1-7H. The zero-order chi connectivity index (χ0) is 15.0. The summed E-state index contributed by atoms with van der Waals surface area (Å²) in [4.78, 5) is 18.4. The molecule has 0 aliphatic rings. The van der Waals surface area contributed by atoms with Gasteiger partial charge in [0, 0.05) is 17.0 Å². The van der Waals surface area contributed by atoms with Gasteiger partial charge in [0.25, 0.3) is 0 Å². The number of pyridine rings is 2. The Morgan fingerprint density at radius 1 is 1.00 bits per heavy atom. The smallest absolute Gasteiger partial charge is 0.258 e. The van der Waals surface area contributed by atoms with E-state index in [9.17, 15) is 10.1 Å². The maximum Gasteiger partial charge on any atom is 0.307 e. The van der Waals surface area contributed by atoms with Gasteiger partial charge in [-0.1, -0.05) is 53.5 Å². The first kappa shape index (κ1) is 13.7. The second-order valence-electron chi connectivity index (χ2n) is 4.29. The van der Waals surface area contributed by atoms with Crippen LogP contribution in [0.4, 0.5) is 5.69 Å². The van der Waals surface area contributed by atoms with Gasteiger partial charge in [0.05, 0.1) is 4.92 Å². The van der Waals surface area contributed by atoms with Gasteiger partial charge in [0.1, 0.15) is 5.15 Å². The minimum Gasteiger partial charge on any atom is -0.258 e. The fraction of sp³-hybridized carbons (Fsp3) is 0. The van der Waals surface area contributed by atoms with Crippen LogP contribution < -0.4 is 0 Å². The maximum atomic E-state index is 10.9. The molecule has 0 atom stereocenters. The number of hydrogen-bond acceptors (Lipinski definition) is 4. The van der Waals surface area contributed by atoms with Crippen LogP contribution in [0, 0.1) is 10.1 Å². The minimum absolute atomic E-state index is 0.205. The molecular weight excluding hydrogens is 313 g/mol. The van der Waals surface area contributed by atoms with Crippen LogP contribution in [-0.2, 0) is 0 Å². The summed E-state index contributed by atoms with van der Waals surface area (Å²) >= 11 is 11.9. The summed E-state index contributed by atoms with van der Waals surface area (Å²) < 4.78 is 0. The first-order valence-electron chi connectivity index (χ1n) is 5.93. The second-order valence-corrected chi connectivity index (χ2v) is 5.01. The molecule has 0 bridgehead atoms. The molecule has 0 aliphatic carbocycles. The van der Waals surface area contributed by atoms with Crippen molar-refractivity contribution in [2.75, 3.05) is 0 Å². The molecule has 2 aromatic heterocycles. The van der Waals surface area contributed by atoms with Crippen molar-refractivity contribution >= 4 is 39.9 Å². The molecule has 2 heterocycles. The summed E-state index contributed by atoms with van der Waals surface area (Å²) in [5, 5.41) is 11.5. The largest absolute Gasteiger partial charge is 0.307 e. The van der Waals surface area contributed by atoms with E-state index in [0.29, 0.717) is 10.9 Å². The zero-order valence-electron chi connectivity index (χ0n) is 10.5. The lowest BCUT2D eigenvalue weighted by Gasteiger charge is -2.06. The molecule has 3 rings (SSSR count). The molecule has 0 amide bonds. The molecular formula is C14H7Cl2N3O2. The van der Waals surface area contributed by atoms with Gasteiger partial charge in [-0.2, -0.15) is 0 Å². The van der Waals surface area contributed by atoms with E-state index in [0.717, 1.165) is 5.56 Å². The molecule has 5 nitrogen and oxygen atoms in total. The van der Waals surface area contributed by atoms with E-state index >= 15 is 0 Å². The maximum absolute atomic E-state index is 10.9. The number of rotatable bonds is 2. The molecule has 0 saturated heterocycles. The van der Waals surface area contributed by atoms with Gasteiger partial charge in [-0.05, 0) is 11.6 Å². The molecule has 0 unspecified atom stereocenters. The fourth-order valence-electron chi connectivity index (χ4n) is 2.00. The Morgan fingerprint density at radius 3 is 2.33 bits per heavy atom. The van der Waals surface area contributed by atoms with Crippen LogP contribution in [0.15, 0.2) is 42.5 Å². The number of hydrogen-bond donors (Lipinski definition) is 0. The van der Waals surface area contributed by atoms with Crippen LogP contribution in [0.3, 0.4) is 0 Å². The average molecular weight is 320 g/mol. The Balaban J connectivity index is 2.27. The molecule has 0 saturated carbocycles. The van der Waals surface area contributed by atoms with Gasteiger partial charge in [-0.3, -0.25) is 10.1 Å². The summed E-state index contributed by atoms with van der Waals surface area (Å²) in [6.45, 7) is 0. The topological polar surface area (TPSA) is 68.9 Å². The van der Waals surface area contributed by atoms with Crippen molar-refractivity contribution in [1.29, 1.82) is 0 Å². The number of halogens is 2. The van der Waals surface area contributed by atoms with Gasteiger partial charge in [-0.15, -0.1) is 0 Å². The van der Waals surface area contributed by atoms with Gasteiger partial charge in [0.15, 0.2) is 5.65 Å². The van der Waals surface area contributed by atoms with Crippen LogP contribution in [0.5, 0.6) is 0 Å². The average Bonchev–Trinajstić information content (AvgIpc) is 2.46. The van der Waals surface area contributed by atoms with Crippen LogP contribution >= 0.6 is 23.2 Å². The van der Waals surface area contributed by atoms with Crippen molar-refractivity contribution in [3.63, 3.8) is 0 Å². The van der Waals surface area contributed by atoms with Crippen molar-refractivity contribution in [3.05, 3.63) is 62.9 Å². The lowest BCUT2D eigenvalue weighted by molar-refractivity contribution is -0.384. The van der Waals surface area contributed by atoms with Crippen LogP contribution in [0.25, 0.3) is 22.2 Å². The van der Waals surface area contributed by atoms with Crippen molar-refractivity contribution in [2.45, 2.75) is 0 Å². The highest BCUT2D eigenvalue weighted by Crippen LogP contribution is 2.32. The van der Waals surface area contributed by atoms with E-state index in [1.54, 1.807) is 6.07 Å². The van der Waals surface area contributed by atoms with E-state index in [2.05, 4.69) is 9.97 Å². The Morgan fingerprint density at radius 2 is 1.67 bits per heavy atom. The highest BCUT2D eigenvalue weighted by molar-refractivity contribution is 6.33. The quantitative estimate of drug-likeness (QED) is 0.396. The molecule has 1 aromatic carbocycles. The summed E-state index contributed by atoms with van der Waals surface area (Å²) in [6.07, 6.45) is 0. The van der Waals surface area contributed by atoms with E-state index in [1.807, 2.05) is 30.3 Å². The van der Waals surface area contributed by atoms with Gasteiger partial charge in [-0.25, -0.2) is 9.97 Å². The van der Waals surface area contributed by atoms with E-state index in [-0.39, 0.29) is 21.6 Å². The number of aromatic nitrogens is 2. The Hall–Kier alpha value is -2.24. The third kappa shape index (κ3) is 2.53. The summed E-state index contributed by atoms with van der Waals surface area (Å²) in [5.41, 5.74) is 1.57. The summed E-state index contributed by atoms with van der Waals surface area (Å²) in [6, 6.07) is 12.5. The summed E-state index contributed by atoms with van der Waals surface area (Å²) in [5.74, 6) is 0. The SMILES string of the molecule is O=[N+]([O-])c1cc2cc(-c3ccccc3)c(Cl)nc2nc1Cl. The number of fused-ring (bicyclic) bond motifs is 1. The molecule has 0 N–H and O–H groups in total. The summed E-state index contributed by atoms with van der Waals surface area (Å²) in [7, 11) is 0. The van der Waals surface area contributed by atoms with Crippen LogP contribution in [0.1, 0.15) is 0 Å². The highest BCUT2D eigenvalue weighted by Gasteiger charge is 2.17. The Bertz CT molecular complexity index is 854. The van der Waals surface area contributed by atoms with E-state index in [4.69, 9.17) is 23.2 Å². The van der Waals surface area contributed by atoms with Crippen molar-refractivity contribution in [2.24, 2.45) is 0 Å². The molecule has 0 radical (unpaired) electrons. The molecule has 0 spiro atoms. The van der Waals surface area contributed by atoms with E-state index < -0.39 is 4.92 Å². The monoisotopic (exact) mass is 319 g/mol. The lowest BCUT2D eigenvalue weighted by Crippen LogP contribution is -1.95. The third-order valence-electron chi connectivity index (χ3n) is 2.97. The van der Waals surface area contributed by atoms with Gasteiger partial charge in [0.2, 0.25) is 5.15 Å². The number of benzene rings is 1. The van der Waals surface area contributed by atoms with Crippen LogP contribution in [0.2, 0.25) is 10.3 Å².